The van der Waals surface area contributed by atoms with E-state index >= 15 is 0 Å². The highest BCUT2D eigenvalue weighted by atomic mass is 35.5. The maximum atomic E-state index is 6.14. The van der Waals surface area contributed by atoms with Crippen molar-refractivity contribution in [2.45, 2.75) is 0 Å². The predicted octanol–water partition coefficient (Wildman–Crippen LogP) is 4.58. The first kappa shape index (κ1) is 15.3. The minimum Gasteiger partial charge on any atom is -0.378 e. The molecule has 3 nitrogen and oxygen atoms in total. The summed E-state index contributed by atoms with van der Waals surface area (Å²) in [6.07, 6.45) is 1.73. The first-order valence-corrected chi connectivity index (χ1v) is 7.90. The summed E-state index contributed by atoms with van der Waals surface area (Å²) in [7, 11) is 0. The lowest BCUT2D eigenvalue weighted by molar-refractivity contribution is 0.122. The van der Waals surface area contributed by atoms with Gasteiger partial charge in [0.05, 0.1) is 28.9 Å². The Morgan fingerprint density at radius 1 is 1.00 bits per heavy atom. The van der Waals surface area contributed by atoms with E-state index in [0.717, 1.165) is 37.6 Å². The summed E-state index contributed by atoms with van der Waals surface area (Å²) >= 11 is 12.1. The van der Waals surface area contributed by atoms with Crippen molar-refractivity contribution < 1.29 is 4.74 Å². The highest BCUT2D eigenvalue weighted by Gasteiger charge is 2.10. The van der Waals surface area contributed by atoms with Crippen LogP contribution in [0.15, 0.2) is 47.5 Å². The van der Waals surface area contributed by atoms with Crippen LogP contribution in [-0.2, 0) is 4.74 Å². The summed E-state index contributed by atoms with van der Waals surface area (Å²) in [5.74, 6) is 0. The molecule has 2 aromatic carbocycles. The number of rotatable bonds is 3. The molecule has 0 atom stereocenters. The molecule has 5 heteroatoms. The summed E-state index contributed by atoms with van der Waals surface area (Å²) in [5.41, 5.74) is 2.89. The number of nitrogens with zero attached hydrogens (tertiary/aromatic N) is 2. The molecule has 0 aromatic heterocycles. The molecular weight excluding hydrogens is 319 g/mol. The second-order valence-electron chi connectivity index (χ2n) is 5.02. The molecule has 0 radical (unpaired) electrons. The zero-order valence-electron chi connectivity index (χ0n) is 12.0. The number of morpholine rings is 1. The van der Waals surface area contributed by atoms with Gasteiger partial charge >= 0.3 is 0 Å². The summed E-state index contributed by atoms with van der Waals surface area (Å²) in [6.45, 7) is 3.43. The van der Waals surface area contributed by atoms with E-state index < -0.39 is 0 Å². The highest BCUT2D eigenvalue weighted by molar-refractivity contribution is 6.43. The number of hydrogen-bond donors (Lipinski definition) is 0. The van der Waals surface area contributed by atoms with Gasteiger partial charge in [0, 0.05) is 30.6 Å². The normalized spacial score (nSPS) is 15.5. The topological polar surface area (TPSA) is 24.8 Å². The fourth-order valence-corrected chi connectivity index (χ4v) is 2.69. The van der Waals surface area contributed by atoms with E-state index in [1.807, 2.05) is 24.3 Å². The van der Waals surface area contributed by atoms with Gasteiger partial charge in [-0.05, 0) is 30.3 Å². The molecule has 0 N–H and O–H groups in total. The average Bonchev–Trinajstić information content (AvgIpc) is 2.57. The molecule has 1 aliphatic heterocycles. The molecule has 1 aliphatic rings. The summed E-state index contributed by atoms with van der Waals surface area (Å²) in [5, 5.41) is 1.06. The fourth-order valence-electron chi connectivity index (χ4n) is 2.34. The molecule has 1 heterocycles. The number of halogens is 2. The van der Waals surface area contributed by atoms with E-state index in [4.69, 9.17) is 27.9 Å². The number of ether oxygens (including phenoxy) is 1. The van der Waals surface area contributed by atoms with Crippen LogP contribution >= 0.6 is 23.2 Å². The van der Waals surface area contributed by atoms with E-state index in [0.29, 0.717) is 10.0 Å². The Morgan fingerprint density at radius 3 is 2.45 bits per heavy atom. The van der Waals surface area contributed by atoms with Crippen LogP contribution in [-0.4, -0.2) is 32.5 Å². The van der Waals surface area contributed by atoms with Crippen LogP contribution < -0.4 is 4.90 Å². The Labute approximate surface area is 140 Å². The van der Waals surface area contributed by atoms with Gasteiger partial charge < -0.3 is 9.64 Å². The van der Waals surface area contributed by atoms with E-state index in [-0.39, 0.29) is 0 Å². The molecule has 2 aromatic rings. The van der Waals surface area contributed by atoms with Crippen LogP contribution in [0.5, 0.6) is 0 Å². The van der Waals surface area contributed by atoms with E-state index in [2.05, 4.69) is 22.0 Å². The third kappa shape index (κ3) is 3.61. The van der Waals surface area contributed by atoms with Crippen LogP contribution in [0.2, 0.25) is 10.0 Å². The van der Waals surface area contributed by atoms with Crippen molar-refractivity contribution in [1.29, 1.82) is 0 Å². The van der Waals surface area contributed by atoms with Crippen LogP contribution in [0.4, 0.5) is 11.4 Å². The fraction of sp³-hybridized carbons (Fsp3) is 0.235. The molecule has 114 valence electrons. The summed E-state index contributed by atoms with van der Waals surface area (Å²) in [6, 6.07) is 13.7. The van der Waals surface area contributed by atoms with Crippen molar-refractivity contribution in [3.63, 3.8) is 0 Å². The lowest BCUT2D eigenvalue weighted by Gasteiger charge is -2.28. The van der Waals surface area contributed by atoms with Gasteiger partial charge in [-0.2, -0.15) is 0 Å². The molecule has 0 aliphatic carbocycles. The van der Waals surface area contributed by atoms with Crippen molar-refractivity contribution in [1.82, 2.24) is 0 Å². The van der Waals surface area contributed by atoms with Gasteiger partial charge in [-0.3, -0.25) is 4.99 Å². The van der Waals surface area contributed by atoms with Gasteiger partial charge in [0.2, 0.25) is 0 Å². The van der Waals surface area contributed by atoms with E-state index in [9.17, 15) is 0 Å². The zero-order chi connectivity index (χ0) is 15.4. The molecule has 0 saturated carbocycles. The molecule has 0 bridgehead atoms. The quantitative estimate of drug-likeness (QED) is 0.767. The highest BCUT2D eigenvalue weighted by Crippen LogP contribution is 2.25. The summed E-state index contributed by atoms with van der Waals surface area (Å²) < 4.78 is 5.36. The third-order valence-electron chi connectivity index (χ3n) is 3.56. The zero-order valence-corrected chi connectivity index (χ0v) is 13.5. The number of benzene rings is 2. The molecule has 0 unspecified atom stereocenters. The van der Waals surface area contributed by atoms with Gasteiger partial charge in [0.15, 0.2) is 0 Å². The minimum atomic E-state index is 0.526. The van der Waals surface area contributed by atoms with Gasteiger partial charge in [0.1, 0.15) is 0 Å². The monoisotopic (exact) mass is 334 g/mol. The molecular formula is C17H16Cl2N2O. The van der Waals surface area contributed by atoms with Crippen molar-refractivity contribution >= 4 is 40.8 Å². The predicted molar refractivity (Wildman–Crippen MR) is 93.2 cm³/mol. The van der Waals surface area contributed by atoms with Gasteiger partial charge in [-0.15, -0.1) is 0 Å². The van der Waals surface area contributed by atoms with Gasteiger partial charge in [0.25, 0.3) is 0 Å². The average molecular weight is 335 g/mol. The Morgan fingerprint density at radius 2 is 1.73 bits per heavy atom. The number of aliphatic imine (C=N–C) groups is 1. The van der Waals surface area contributed by atoms with Crippen LogP contribution in [0, 0.1) is 0 Å². The molecule has 3 rings (SSSR count). The van der Waals surface area contributed by atoms with Crippen molar-refractivity contribution in [2.24, 2.45) is 4.99 Å². The third-order valence-corrected chi connectivity index (χ3v) is 4.39. The maximum Gasteiger partial charge on any atom is 0.0680 e. The van der Waals surface area contributed by atoms with Crippen LogP contribution in [0.1, 0.15) is 5.56 Å². The number of anilines is 1. The minimum absolute atomic E-state index is 0.526. The van der Waals surface area contributed by atoms with Crippen molar-refractivity contribution in [3.8, 4) is 0 Å². The molecule has 0 spiro atoms. The number of hydrogen-bond acceptors (Lipinski definition) is 3. The lowest BCUT2D eigenvalue weighted by atomic mass is 10.2. The first-order valence-electron chi connectivity index (χ1n) is 7.15. The van der Waals surface area contributed by atoms with Gasteiger partial charge in [-0.1, -0.05) is 35.3 Å². The van der Waals surface area contributed by atoms with E-state index in [1.165, 1.54) is 5.69 Å². The molecule has 22 heavy (non-hydrogen) atoms. The summed E-state index contributed by atoms with van der Waals surface area (Å²) in [4.78, 5) is 6.76. The molecule has 1 saturated heterocycles. The SMILES string of the molecule is Clc1cccc(/C=N/c2ccc(N3CCOCC3)cc2)c1Cl. The molecule has 1 fully saturated rings. The van der Waals surface area contributed by atoms with Crippen molar-refractivity contribution in [2.75, 3.05) is 31.2 Å². The van der Waals surface area contributed by atoms with Crippen LogP contribution in [0.3, 0.4) is 0 Å². The lowest BCUT2D eigenvalue weighted by Crippen LogP contribution is -2.36. The Bertz CT molecular complexity index is 665. The second-order valence-corrected chi connectivity index (χ2v) is 5.80. The Hall–Kier alpha value is -1.55. The standard InChI is InChI=1S/C17H16Cl2N2O/c18-16-3-1-2-13(17(16)19)12-20-14-4-6-15(7-5-14)21-8-10-22-11-9-21/h1-7,12H,8-11H2/b20-12+. The Kier molecular flexibility index (Phi) is 4.98. The van der Waals surface area contributed by atoms with Crippen molar-refractivity contribution in [3.05, 3.63) is 58.1 Å². The Balaban J connectivity index is 1.73. The first-order chi connectivity index (χ1) is 10.7. The second kappa shape index (κ2) is 7.14. The largest absolute Gasteiger partial charge is 0.378 e. The van der Waals surface area contributed by atoms with Gasteiger partial charge in [-0.25, -0.2) is 0 Å². The smallest absolute Gasteiger partial charge is 0.0680 e. The van der Waals surface area contributed by atoms with Crippen LogP contribution in [0.25, 0.3) is 0 Å². The van der Waals surface area contributed by atoms with E-state index in [1.54, 1.807) is 12.3 Å². The molecule has 0 amide bonds. The maximum absolute atomic E-state index is 6.14.